The molecule has 2 N–H and O–H groups in total. The lowest BCUT2D eigenvalue weighted by atomic mass is 10.1. The number of rotatable bonds is 2. The van der Waals surface area contributed by atoms with Gasteiger partial charge in [0.05, 0.1) is 12.3 Å². The van der Waals surface area contributed by atoms with Crippen molar-refractivity contribution in [2.24, 2.45) is 5.92 Å². The fourth-order valence-electron chi connectivity index (χ4n) is 1.90. The van der Waals surface area contributed by atoms with Gasteiger partial charge in [-0.3, -0.25) is 4.90 Å². The molecule has 1 aromatic rings. The van der Waals surface area contributed by atoms with Crippen LogP contribution in [0, 0.1) is 5.92 Å². The summed E-state index contributed by atoms with van der Waals surface area (Å²) >= 11 is 0. The number of anilines is 2. The van der Waals surface area contributed by atoms with Gasteiger partial charge in [-0.05, 0) is 30.0 Å². The maximum Gasteiger partial charge on any atom is 0.414 e. The second kappa shape index (κ2) is 4.65. The van der Waals surface area contributed by atoms with E-state index in [-0.39, 0.29) is 6.09 Å². The smallest absolute Gasteiger partial charge is 0.414 e. The number of hydrogen-bond acceptors (Lipinski definition) is 3. The van der Waals surface area contributed by atoms with Gasteiger partial charge in [0.25, 0.3) is 0 Å². The predicted octanol–water partition coefficient (Wildman–Crippen LogP) is 2.42. The van der Waals surface area contributed by atoms with Crippen LogP contribution in [-0.2, 0) is 11.2 Å². The molecule has 0 aliphatic carbocycles. The summed E-state index contributed by atoms with van der Waals surface area (Å²) < 4.78 is 5.23. The minimum Gasteiger partial charge on any atom is -0.449 e. The Morgan fingerprint density at radius 2 is 2.29 bits per heavy atom. The zero-order chi connectivity index (χ0) is 12.4. The number of ether oxygens (including phenoxy) is 1. The number of nitrogens with two attached hydrogens (primary N) is 1. The van der Waals surface area contributed by atoms with Crippen LogP contribution < -0.4 is 10.6 Å². The van der Waals surface area contributed by atoms with Crippen LogP contribution in [0.15, 0.2) is 18.2 Å². The van der Waals surface area contributed by atoms with Gasteiger partial charge < -0.3 is 10.5 Å². The lowest BCUT2D eigenvalue weighted by molar-refractivity contribution is 0.140. The minimum absolute atomic E-state index is 0.275. The summed E-state index contributed by atoms with van der Waals surface area (Å²) in [4.78, 5) is 13.5. The van der Waals surface area contributed by atoms with E-state index in [4.69, 9.17) is 10.5 Å². The van der Waals surface area contributed by atoms with Gasteiger partial charge in [-0.15, -0.1) is 0 Å². The van der Waals surface area contributed by atoms with E-state index in [1.165, 1.54) is 0 Å². The molecule has 4 heteroatoms. The summed E-state index contributed by atoms with van der Waals surface area (Å²) in [5.74, 6) is 0.349. The molecule has 0 radical (unpaired) electrons. The Morgan fingerprint density at radius 1 is 1.53 bits per heavy atom. The average molecular weight is 234 g/mol. The third kappa shape index (κ3) is 2.52. The Labute approximate surface area is 101 Å². The molecule has 0 spiro atoms. The van der Waals surface area contributed by atoms with Gasteiger partial charge in [0.2, 0.25) is 0 Å². The molecule has 2 rings (SSSR count). The molecule has 1 amide bonds. The molecule has 0 aromatic heterocycles. The second-order valence-electron chi connectivity index (χ2n) is 4.76. The normalized spacial score (nSPS) is 13.9. The first kappa shape index (κ1) is 11.8. The van der Waals surface area contributed by atoms with E-state index in [0.717, 1.165) is 17.7 Å². The molecule has 17 heavy (non-hydrogen) atoms. The monoisotopic (exact) mass is 234 g/mol. The molecule has 1 aromatic carbocycles. The average Bonchev–Trinajstić information content (AvgIpc) is 2.68. The molecule has 0 bridgehead atoms. The molecule has 4 nitrogen and oxygen atoms in total. The summed E-state index contributed by atoms with van der Waals surface area (Å²) in [6, 6.07) is 5.67. The van der Waals surface area contributed by atoms with Crippen molar-refractivity contribution in [1.82, 2.24) is 0 Å². The molecule has 0 saturated carbocycles. The van der Waals surface area contributed by atoms with Crippen LogP contribution in [0.1, 0.15) is 19.4 Å². The summed E-state index contributed by atoms with van der Waals surface area (Å²) in [5, 5.41) is 0. The maximum absolute atomic E-state index is 11.9. The fourth-order valence-corrected chi connectivity index (χ4v) is 1.90. The standard InChI is InChI=1S/C13H18N2O2/c1-9(2)8-17-13(16)15-6-5-10-3-4-11(14)7-12(10)15/h3-4,7,9H,5-6,8,14H2,1-2H3. The number of amides is 1. The highest BCUT2D eigenvalue weighted by molar-refractivity contribution is 5.91. The van der Waals surface area contributed by atoms with Crippen molar-refractivity contribution in [2.75, 3.05) is 23.8 Å². The third-order valence-corrected chi connectivity index (χ3v) is 2.77. The molecule has 0 unspecified atom stereocenters. The number of carbonyl (C=O) groups excluding carboxylic acids is 1. The topological polar surface area (TPSA) is 55.6 Å². The van der Waals surface area contributed by atoms with Crippen molar-refractivity contribution < 1.29 is 9.53 Å². The van der Waals surface area contributed by atoms with E-state index < -0.39 is 0 Å². The number of fused-ring (bicyclic) bond motifs is 1. The lowest BCUT2D eigenvalue weighted by Gasteiger charge is -2.18. The van der Waals surface area contributed by atoms with E-state index in [1.54, 1.807) is 4.90 Å². The zero-order valence-corrected chi connectivity index (χ0v) is 10.3. The Balaban J connectivity index is 2.10. The molecule has 92 valence electrons. The summed E-state index contributed by atoms with van der Waals surface area (Å²) in [5.41, 5.74) is 8.45. The molecule has 1 heterocycles. The lowest BCUT2D eigenvalue weighted by Crippen LogP contribution is -2.30. The highest BCUT2D eigenvalue weighted by Crippen LogP contribution is 2.30. The first-order valence-electron chi connectivity index (χ1n) is 5.90. The second-order valence-corrected chi connectivity index (χ2v) is 4.76. The largest absolute Gasteiger partial charge is 0.449 e. The van der Waals surface area contributed by atoms with E-state index in [2.05, 4.69) is 0 Å². The SMILES string of the molecule is CC(C)COC(=O)N1CCc2ccc(N)cc21. The van der Waals surface area contributed by atoms with Crippen LogP contribution in [0.2, 0.25) is 0 Å². The van der Waals surface area contributed by atoms with Crippen molar-refractivity contribution in [3.05, 3.63) is 23.8 Å². The van der Waals surface area contributed by atoms with Crippen LogP contribution in [0.5, 0.6) is 0 Å². The van der Waals surface area contributed by atoms with Gasteiger partial charge >= 0.3 is 6.09 Å². The van der Waals surface area contributed by atoms with Crippen LogP contribution in [0.4, 0.5) is 16.2 Å². The third-order valence-electron chi connectivity index (χ3n) is 2.77. The molecular formula is C13H18N2O2. The van der Waals surface area contributed by atoms with Crippen LogP contribution in [0.3, 0.4) is 0 Å². The van der Waals surface area contributed by atoms with E-state index in [9.17, 15) is 4.79 Å². The zero-order valence-electron chi connectivity index (χ0n) is 10.3. The molecule has 0 fully saturated rings. The minimum atomic E-state index is -0.275. The first-order chi connectivity index (χ1) is 8.08. The van der Waals surface area contributed by atoms with Crippen molar-refractivity contribution >= 4 is 17.5 Å². The van der Waals surface area contributed by atoms with E-state index in [0.29, 0.717) is 24.8 Å². The van der Waals surface area contributed by atoms with Gasteiger partial charge in [0, 0.05) is 12.2 Å². The predicted molar refractivity (Wildman–Crippen MR) is 68.1 cm³/mol. The maximum atomic E-state index is 11.9. The van der Waals surface area contributed by atoms with Crippen molar-refractivity contribution in [2.45, 2.75) is 20.3 Å². The van der Waals surface area contributed by atoms with Crippen molar-refractivity contribution in [3.63, 3.8) is 0 Å². The Morgan fingerprint density at radius 3 is 3.00 bits per heavy atom. The van der Waals surface area contributed by atoms with Crippen molar-refractivity contribution in [3.8, 4) is 0 Å². The molecule has 0 saturated heterocycles. The molecule has 1 aliphatic heterocycles. The van der Waals surface area contributed by atoms with E-state index in [1.807, 2.05) is 32.0 Å². The van der Waals surface area contributed by atoms with Gasteiger partial charge in [-0.1, -0.05) is 19.9 Å². The number of benzene rings is 1. The number of nitrogens with zero attached hydrogens (tertiary/aromatic N) is 1. The van der Waals surface area contributed by atoms with Gasteiger partial charge in [-0.25, -0.2) is 4.79 Å². The molecule has 0 atom stereocenters. The fraction of sp³-hybridized carbons (Fsp3) is 0.462. The molecular weight excluding hydrogens is 216 g/mol. The number of nitrogen functional groups attached to an aromatic ring is 1. The number of hydrogen-bond donors (Lipinski definition) is 1. The van der Waals surface area contributed by atoms with Crippen LogP contribution in [0.25, 0.3) is 0 Å². The Hall–Kier alpha value is -1.71. The van der Waals surface area contributed by atoms with Gasteiger partial charge in [0.15, 0.2) is 0 Å². The Bertz CT molecular complexity index is 429. The quantitative estimate of drug-likeness (QED) is 0.799. The van der Waals surface area contributed by atoms with Gasteiger partial charge in [0.1, 0.15) is 0 Å². The summed E-state index contributed by atoms with van der Waals surface area (Å²) in [6.45, 7) is 5.16. The first-order valence-corrected chi connectivity index (χ1v) is 5.90. The van der Waals surface area contributed by atoms with Crippen LogP contribution in [-0.4, -0.2) is 19.2 Å². The van der Waals surface area contributed by atoms with Gasteiger partial charge in [-0.2, -0.15) is 0 Å². The summed E-state index contributed by atoms with van der Waals surface area (Å²) in [7, 11) is 0. The summed E-state index contributed by atoms with van der Waals surface area (Å²) in [6.07, 6.45) is 0.592. The molecule has 1 aliphatic rings. The Kier molecular flexibility index (Phi) is 3.22. The number of carbonyl (C=O) groups is 1. The van der Waals surface area contributed by atoms with E-state index >= 15 is 0 Å². The van der Waals surface area contributed by atoms with Crippen molar-refractivity contribution in [1.29, 1.82) is 0 Å². The highest BCUT2D eigenvalue weighted by atomic mass is 16.6. The van der Waals surface area contributed by atoms with Crippen LogP contribution >= 0.6 is 0 Å². The highest BCUT2D eigenvalue weighted by Gasteiger charge is 2.25.